The summed E-state index contributed by atoms with van der Waals surface area (Å²) in [5, 5.41) is 0. The van der Waals surface area contributed by atoms with Gasteiger partial charge in [0, 0.05) is 26.2 Å². The molecule has 0 unspecified atom stereocenters. The molecule has 1 amide bonds. The fourth-order valence-electron chi connectivity index (χ4n) is 3.07. The van der Waals surface area contributed by atoms with E-state index in [9.17, 15) is 13.2 Å². The second-order valence-corrected chi connectivity index (χ2v) is 9.08. The molecule has 1 aromatic rings. The van der Waals surface area contributed by atoms with Crippen molar-refractivity contribution >= 4 is 16.1 Å². The molecule has 1 saturated heterocycles. The van der Waals surface area contributed by atoms with Gasteiger partial charge >= 0.3 is 6.09 Å². The van der Waals surface area contributed by atoms with Crippen LogP contribution in [0.15, 0.2) is 23.1 Å². The molecule has 158 valence electrons. The summed E-state index contributed by atoms with van der Waals surface area (Å²) in [6, 6.07) is 5.09. The van der Waals surface area contributed by atoms with Gasteiger partial charge in [0.2, 0.25) is 10.0 Å². The van der Waals surface area contributed by atoms with Crippen LogP contribution in [-0.2, 0) is 14.8 Å². The van der Waals surface area contributed by atoms with E-state index >= 15 is 0 Å². The molecule has 0 bridgehead atoms. The first kappa shape index (κ1) is 22.5. The first-order valence-corrected chi connectivity index (χ1v) is 11.4. The number of unbranched alkanes of at least 4 members (excludes halogenated alkanes) is 1. The summed E-state index contributed by atoms with van der Waals surface area (Å²) in [5.41, 5.74) is 0.891. The Morgan fingerprint density at radius 1 is 1.14 bits per heavy atom. The molecule has 0 radical (unpaired) electrons. The van der Waals surface area contributed by atoms with Crippen LogP contribution >= 0.6 is 0 Å². The minimum Gasteiger partial charge on any atom is -0.493 e. The SMILES string of the molecule is CCCCOc1ccc(S(=O)(=O)N2CCN(C(=O)OCC)CC2)cc1C(C)C. The number of hydrogen-bond donors (Lipinski definition) is 0. The van der Waals surface area contributed by atoms with Crippen molar-refractivity contribution < 1.29 is 22.7 Å². The molecule has 0 aliphatic carbocycles. The first-order chi connectivity index (χ1) is 13.3. The average molecular weight is 413 g/mol. The zero-order chi connectivity index (χ0) is 20.7. The summed E-state index contributed by atoms with van der Waals surface area (Å²) in [4.78, 5) is 13.6. The zero-order valence-corrected chi connectivity index (χ0v) is 18.1. The Bertz CT molecular complexity index is 756. The van der Waals surface area contributed by atoms with Gasteiger partial charge in [0.15, 0.2) is 0 Å². The van der Waals surface area contributed by atoms with Crippen LogP contribution in [0.1, 0.15) is 52.0 Å². The van der Waals surface area contributed by atoms with E-state index in [1.807, 2.05) is 13.8 Å². The molecular formula is C20H32N2O5S. The summed E-state index contributed by atoms with van der Waals surface area (Å²) in [6.45, 7) is 10.00. The number of carbonyl (C=O) groups excluding carboxylic acids is 1. The predicted octanol–water partition coefficient (Wildman–Crippen LogP) is 3.45. The van der Waals surface area contributed by atoms with Crippen molar-refractivity contribution in [2.45, 2.75) is 51.3 Å². The number of sulfonamides is 1. The van der Waals surface area contributed by atoms with Crippen LogP contribution in [0, 0.1) is 0 Å². The van der Waals surface area contributed by atoms with Crippen LogP contribution in [-0.4, -0.2) is 63.1 Å². The maximum atomic E-state index is 13.1. The summed E-state index contributed by atoms with van der Waals surface area (Å²) in [6.07, 6.45) is 1.61. The summed E-state index contributed by atoms with van der Waals surface area (Å²) in [5.74, 6) is 0.891. The van der Waals surface area contributed by atoms with Crippen molar-refractivity contribution in [2.24, 2.45) is 0 Å². The number of hydrogen-bond acceptors (Lipinski definition) is 5. The van der Waals surface area contributed by atoms with E-state index in [4.69, 9.17) is 9.47 Å². The number of ether oxygens (including phenoxy) is 2. The summed E-state index contributed by atoms with van der Waals surface area (Å²) >= 11 is 0. The fourth-order valence-corrected chi connectivity index (χ4v) is 4.53. The minimum atomic E-state index is -3.62. The van der Waals surface area contributed by atoms with E-state index in [1.54, 1.807) is 30.0 Å². The van der Waals surface area contributed by atoms with Crippen molar-refractivity contribution in [3.8, 4) is 5.75 Å². The van der Waals surface area contributed by atoms with Gasteiger partial charge in [-0.25, -0.2) is 13.2 Å². The smallest absolute Gasteiger partial charge is 0.409 e. The van der Waals surface area contributed by atoms with Crippen molar-refractivity contribution in [2.75, 3.05) is 39.4 Å². The maximum Gasteiger partial charge on any atom is 0.409 e. The largest absolute Gasteiger partial charge is 0.493 e. The van der Waals surface area contributed by atoms with Gasteiger partial charge in [-0.1, -0.05) is 27.2 Å². The van der Waals surface area contributed by atoms with Gasteiger partial charge in [0.25, 0.3) is 0 Å². The first-order valence-electron chi connectivity index (χ1n) is 9.99. The number of nitrogens with zero attached hydrogens (tertiary/aromatic N) is 2. The highest BCUT2D eigenvalue weighted by atomic mass is 32.2. The lowest BCUT2D eigenvalue weighted by Gasteiger charge is -2.33. The third-order valence-corrected chi connectivity index (χ3v) is 6.66. The average Bonchev–Trinajstić information content (AvgIpc) is 2.68. The Balaban J connectivity index is 2.15. The third kappa shape index (κ3) is 5.38. The van der Waals surface area contributed by atoms with Crippen molar-refractivity contribution in [3.05, 3.63) is 23.8 Å². The molecule has 2 rings (SSSR count). The number of amides is 1. The molecule has 0 atom stereocenters. The second-order valence-electron chi connectivity index (χ2n) is 7.15. The number of piperazine rings is 1. The normalized spacial score (nSPS) is 15.7. The molecule has 1 aliphatic heterocycles. The molecule has 0 aromatic heterocycles. The topological polar surface area (TPSA) is 76.2 Å². The van der Waals surface area contributed by atoms with Gasteiger partial charge in [-0.15, -0.1) is 0 Å². The van der Waals surface area contributed by atoms with E-state index in [0.717, 1.165) is 24.2 Å². The summed E-state index contributed by atoms with van der Waals surface area (Å²) in [7, 11) is -3.62. The molecule has 1 fully saturated rings. The van der Waals surface area contributed by atoms with E-state index in [2.05, 4.69) is 6.92 Å². The molecule has 1 aliphatic rings. The highest BCUT2D eigenvalue weighted by molar-refractivity contribution is 7.89. The van der Waals surface area contributed by atoms with Gasteiger partial charge in [0.1, 0.15) is 5.75 Å². The number of benzene rings is 1. The van der Waals surface area contributed by atoms with Gasteiger partial charge < -0.3 is 14.4 Å². The van der Waals surface area contributed by atoms with Crippen molar-refractivity contribution in [1.29, 1.82) is 0 Å². The third-order valence-electron chi connectivity index (χ3n) is 4.76. The predicted molar refractivity (Wildman–Crippen MR) is 108 cm³/mol. The molecule has 1 aromatic carbocycles. The maximum absolute atomic E-state index is 13.1. The molecular weight excluding hydrogens is 380 g/mol. The second kappa shape index (κ2) is 10.1. The Morgan fingerprint density at radius 3 is 2.39 bits per heavy atom. The Morgan fingerprint density at radius 2 is 1.82 bits per heavy atom. The summed E-state index contributed by atoms with van der Waals surface area (Å²) < 4.78 is 38.4. The molecule has 7 nitrogen and oxygen atoms in total. The van der Waals surface area contributed by atoms with E-state index < -0.39 is 16.1 Å². The lowest BCUT2D eigenvalue weighted by molar-refractivity contribution is 0.0934. The van der Waals surface area contributed by atoms with Crippen LogP contribution in [0.3, 0.4) is 0 Å². The highest BCUT2D eigenvalue weighted by Gasteiger charge is 2.31. The Kier molecular flexibility index (Phi) is 8.12. The number of rotatable bonds is 8. The molecule has 8 heteroatoms. The molecule has 1 heterocycles. The zero-order valence-electron chi connectivity index (χ0n) is 17.3. The van der Waals surface area contributed by atoms with Crippen molar-refractivity contribution in [1.82, 2.24) is 9.21 Å². The van der Waals surface area contributed by atoms with Crippen molar-refractivity contribution in [3.63, 3.8) is 0 Å². The van der Waals surface area contributed by atoms with Crippen LogP contribution < -0.4 is 4.74 Å². The van der Waals surface area contributed by atoms with E-state index in [0.29, 0.717) is 26.3 Å². The van der Waals surface area contributed by atoms with E-state index in [-0.39, 0.29) is 23.9 Å². The molecule has 0 spiro atoms. The fraction of sp³-hybridized carbons (Fsp3) is 0.650. The van der Waals surface area contributed by atoms with E-state index in [1.165, 1.54) is 4.31 Å². The van der Waals surface area contributed by atoms with Crippen LogP contribution in [0.2, 0.25) is 0 Å². The van der Waals surface area contributed by atoms with Crippen LogP contribution in [0.25, 0.3) is 0 Å². The molecule has 0 N–H and O–H groups in total. The van der Waals surface area contributed by atoms with Crippen LogP contribution in [0.4, 0.5) is 4.79 Å². The monoisotopic (exact) mass is 412 g/mol. The highest BCUT2D eigenvalue weighted by Crippen LogP contribution is 2.30. The minimum absolute atomic E-state index is 0.146. The number of carbonyl (C=O) groups is 1. The van der Waals surface area contributed by atoms with Gasteiger partial charge in [-0.3, -0.25) is 0 Å². The Labute approximate surface area is 168 Å². The lowest BCUT2D eigenvalue weighted by Crippen LogP contribution is -2.50. The van der Waals surface area contributed by atoms with Crippen LogP contribution in [0.5, 0.6) is 5.75 Å². The Hall–Kier alpha value is -1.80. The standard InChI is InChI=1S/C20H32N2O5S/c1-5-7-14-27-19-9-8-17(15-18(19)16(3)4)28(24,25)22-12-10-21(11-13-22)20(23)26-6-2/h8-9,15-16H,5-7,10-14H2,1-4H3. The van der Waals surface area contributed by atoms with Gasteiger partial charge in [-0.2, -0.15) is 4.31 Å². The molecule has 28 heavy (non-hydrogen) atoms. The van der Waals surface area contributed by atoms with Gasteiger partial charge in [0.05, 0.1) is 18.1 Å². The molecule has 0 saturated carbocycles. The quantitative estimate of drug-likeness (QED) is 0.611. The van der Waals surface area contributed by atoms with Gasteiger partial charge in [-0.05, 0) is 43.0 Å². The lowest BCUT2D eigenvalue weighted by atomic mass is 10.0.